The number of likely N-dealkylation sites (tertiary alicyclic amines) is 1. The van der Waals surface area contributed by atoms with Gasteiger partial charge in [-0.15, -0.1) is 0 Å². The maximum Gasteiger partial charge on any atom is 0.421 e. The molecule has 58 heavy (non-hydrogen) atoms. The quantitative estimate of drug-likeness (QED) is 0.183. The van der Waals surface area contributed by atoms with Gasteiger partial charge in [-0.1, -0.05) is 57.8 Å². The number of aliphatic hydroxyl groups excluding tert-OH is 1. The summed E-state index contributed by atoms with van der Waals surface area (Å²) in [6.45, 7) is 1.68. The minimum Gasteiger partial charge on any atom is -0.459 e. The standard InChI is InChI=1S/C46H71N3O9/c1-55-29-30-57-45(54)48-36-20-12-11-19-35(36)46(44(48)53)37(42(51)47-25-13-3-2-4-14-26-47)39-43(52)58-40(32-17-9-6-10-18-32)38(31-15-7-5-8-16-31)49(39)41(46)33-21-23-34(24-22-33)56-28-27-50/h31-34,37-41,50H,2-30H2,1H3/t33?,34?,37-,38-,39-,40+,41+,46-/m1/s1. The number of amides is 3. The van der Waals surface area contributed by atoms with Crippen molar-refractivity contribution in [3.8, 4) is 0 Å². The van der Waals surface area contributed by atoms with Crippen LogP contribution in [-0.4, -0.2) is 121 Å². The molecule has 3 saturated heterocycles. The molecule has 0 radical (unpaired) electrons. The average molecular weight is 810 g/mol. The number of hydrogen-bond donors (Lipinski definition) is 1. The molecule has 3 saturated carbocycles. The number of aliphatic hydroxyl groups is 1. The SMILES string of the molecule is COCCOC(=O)N1C(=O)[C@@]2(C3=C1CCCC3)[C@H](C1CCC(OCCO)CC1)N1[C@H](C3CCCCC3)[C@H](C3CCCCC3)OC(=O)[C@H]1[C@@H]2C(=O)N1CCCCCCC1. The second kappa shape index (κ2) is 19.0. The van der Waals surface area contributed by atoms with Crippen LogP contribution in [0.3, 0.4) is 0 Å². The third-order valence-electron chi connectivity index (χ3n) is 15.8. The van der Waals surface area contributed by atoms with Crippen molar-refractivity contribution in [3.05, 3.63) is 11.3 Å². The molecule has 12 heteroatoms. The fourth-order valence-corrected chi connectivity index (χ4v) is 13.4. The Labute approximate surface area is 346 Å². The highest BCUT2D eigenvalue weighted by Gasteiger charge is 2.77. The summed E-state index contributed by atoms with van der Waals surface area (Å²) in [5.41, 5.74) is 0.192. The summed E-state index contributed by atoms with van der Waals surface area (Å²) in [6.07, 6.45) is 20.9. The molecule has 1 N–H and O–H groups in total. The first-order chi connectivity index (χ1) is 28.4. The zero-order valence-electron chi connectivity index (χ0n) is 35.3. The van der Waals surface area contributed by atoms with E-state index in [-0.39, 0.29) is 80.2 Å². The van der Waals surface area contributed by atoms with Crippen LogP contribution in [0.5, 0.6) is 0 Å². The summed E-state index contributed by atoms with van der Waals surface area (Å²) < 4.78 is 24.0. The number of cyclic esters (lactones) is 1. The predicted octanol–water partition coefficient (Wildman–Crippen LogP) is 6.91. The number of hydrogen-bond acceptors (Lipinski definition) is 10. The average Bonchev–Trinajstić information content (AvgIpc) is 3.70. The number of rotatable bonds is 10. The van der Waals surface area contributed by atoms with Crippen molar-refractivity contribution < 1.29 is 43.2 Å². The lowest BCUT2D eigenvalue weighted by molar-refractivity contribution is -0.191. The van der Waals surface area contributed by atoms with E-state index in [1.807, 2.05) is 4.90 Å². The van der Waals surface area contributed by atoms with Gasteiger partial charge in [0.1, 0.15) is 24.2 Å². The molecular formula is C46H71N3O9. The van der Waals surface area contributed by atoms with E-state index in [9.17, 15) is 9.90 Å². The number of esters is 1. The number of carbonyl (C=O) groups is 4. The Morgan fingerprint density at radius 3 is 2.05 bits per heavy atom. The molecule has 0 aromatic rings. The topological polar surface area (TPSA) is 135 Å². The summed E-state index contributed by atoms with van der Waals surface area (Å²) in [7, 11) is 1.55. The zero-order chi connectivity index (χ0) is 40.2. The van der Waals surface area contributed by atoms with Gasteiger partial charge in [0, 0.05) is 31.9 Å². The molecule has 4 heterocycles. The number of imide groups is 1. The molecule has 0 unspecified atom stereocenters. The Morgan fingerprint density at radius 1 is 0.741 bits per heavy atom. The molecule has 0 aromatic carbocycles. The van der Waals surface area contributed by atoms with E-state index >= 15 is 14.4 Å². The smallest absolute Gasteiger partial charge is 0.421 e. The maximum atomic E-state index is 16.2. The third kappa shape index (κ3) is 7.79. The molecule has 0 bridgehead atoms. The van der Waals surface area contributed by atoms with Crippen LogP contribution in [0.1, 0.15) is 148 Å². The summed E-state index contributed by atoms with van der Waals surface area (Å²) in [5.74, 6) is -1.33. The van der Waals surface area contributed by atoms with Crippen LogP contribution < -0.4 is 0 Å². The van der Waals surface area contributed by atoms with Gasteiger partial charge in [0.25, 0.3) is 0 Å². The molecule has 12 nitrogen and oxygen atoms in total. The second-order valence-electron chi connectivity index (χ2n) is 19.0. The molecule has 324 valence electrons. The zero-order valence-corrected chi connectivity index (χ0v) is 35.3. The largest absolute Gasteiger partial charge is 0.459 e. The second-order valence-corrected chi connectivity index (χ2v) is 19.0. The Balaban J connectivity index is 1.32. The maximum absolute atomic E-state index is 16.2. The van der Waals surface area contributed by atoms with E-state index in [4.69, 9.17) is 18.9 Å². The fourth-order valence-electron chi connectivity index (χ4n) is 13.4. The lowest BCUT2D eigenvalue weighted by Gasteiger charge is -2.53. The Kier molecular flexibility index (Phi) is 13.8. The van der Waals surface area contributed by atoms with Gasteiger partial charge < -0.3 is 29.0 Å². The molecular weight excluding hydrogens is 739 g/mol. The Hall–Kier alpha value is -2.54. The van der Waals surface area contributed by atoms with Crippen LogP contribution in [0.15, 0.2) is 11.3 Å². The van der Waals surface area contributed by atoms with Gasteiger partial charge in [-0.3, -0.25) is 19.3 Å². The number of nitrogens with zero attached hydrogens (tertiary/aromatic N) is 3. The van der Waals surface area contributed by atoms with Crippen LogP contribution in [0, 0.1) is 29.1 Å². The van der Waals surface area contributed by atoms with E-state index in [1.54, 1.807) is 7.11 Å². The van der Waals surface area contributed by atoms with Gasteiger partial charge in [-0.2, -0.15) is 0 Å². The van der Waals surface area contributed by atoms with Crippen LogP contribution in [0.25, 0.3) is 0 Å². The molecule has 4 aliphatic carbocycles. The van der Waals surface area contributed by atoms with Crippen molar-refractivity contribution in [1.82, 2.24) is 14.7 Å². The number of allylic oxidation sites excluding steroid dienone is 1. The van der Waals surface area contributed by atoms with Crippen molar-refractivity contribution in [3.63, 3.8) is 0 Å². The van der Waals surface area contributed by atoms with Crippen molar-refractivity contribution in [2.45, 2.75) is 178 Å². The molecule has 6 atom stereocenters. The first-order valence-electron chi connectivity index (χ1n) is 23.6. The third-order valence-corrected chi connectivity index (χ3v) is 15.8. The molecule has 0 aromatic heterocycles. The number of methoxy groups -OCH3 is 1. The highest BCUT2D eigenvalue weighted by atomic mass is 16.6. The Bertz CT molecular complexity index is 1490. The van der Waals surface area contributed by atoms with Gasteiger partial charge in [0.2, 0.25) is 11.8 Å². The molecule has 1 spiro atoms. The van der Waals surface area contributed by atoms with E-state index in [0.29, 0.717) is 31.6 Å². The van der Waals surface area contributed by atoms with E-state index in [0.717, 1.165) is 128 Å². The predicted molar refractivity (Wildman–Crippen MR) is 216 cm³/mol. The van der Waals surface area contributed by atoms with Crippen molar-refractivity contribution in [2.75, 3.05) is 46.6 Å². The molecule has 6 fully saturated rings. The van der Waals surface area contributed by atoms with E-state index in [1.165, 1.54) is 17.7 Å². The van der Waals surface area contributed by atoms with Crippen LogP contribution in [0.4, 0.5) is 4.79 Å². The van der Waals surface area contributed by atoms with E-state index < -0.39 is 29.5 Å². The van der Waals surface area contributed by atoms with Crippen molar-refractivity contribution >= 4 is 23.9 Å². The summed E-state index contributed by atoms with van der Waals surface area (Å²) >= 11 is 0. The first kappa shape index (κ1) is 42.2. The normalized spacial score (nSPS) is 35.7. The molecule has 4 aliphatic heterocycles. The van der Waals surface area contributed by atoms with E-state index in [2.05, 4.69) is 4.90 Å². The molecule has 3 amide bonds. The van der Waals surface area contributed by atoms with Crippen LogP contribution in [-0.2, 0) is 33.3 Å². The monoisotopic (exact) mass is 810 g/mol. The summed E-state index contributed by atoms with van der Waals surface area (Å²) in [6, 6.07) is -1.48. The lowest BCUT2D eigenvalue weighted by atomic mass is 9.60. The minimum absolute atomic E-state index is 0.00135. The first-order valence-corrected chi connectivity index (χ1v) is 23.6. The number of morpholine rings is 1. The minimum atomic E-state index is -1.41. The van der Waals surface area contributed by atoms with Gasteiger partial charge in [-0.05, 0) is 113 Å². The van der Waals surface area contributed by atoms with Crippen molar-refractivity contribution in [1.29, 1.82) is 0 Å². The van der Waals surface area contributed by atoms with Gasteiger partial charge >= 0.3 is 12.1 Å². The van der Waals surface area contributed by atoms with Crippen LogP contribution >= 0.6 is 0 Å². The highest BCUT2D eigenvalue weighted by Crippen LogP contribution is 2.65. The lowest BCUT2D eigenvalue weighted by Crippen LogP contribution is -2.66. The highest BCUT2D eigenvalue weighted by molar-refractivity contribution is 6.07. The van der Waals surface area contributed by atoms with Gasteiger partial charge in [-0.25, -0.2) is 9.69 Å². The van der Waals surface area contributed by atoms with Gasteiger partial charge in [0.05, 0.1) is 37.9 Å². The molecule has 8 rings (SSSR count). The van der Waals surface area contributed by atoms with Gasteiger partial charge in [0.15, 0.2) is 0 Å². The molecule has 8 aliphatic rings. The summed E-state index contributed by atoms with van der Waals surface area (Å²) in [5, 5.41) is 9.60. The summed E-state index contributed by atoms with van der Waals surface area (Å²) in [4.78, 5) is 67.6. The Morgan fingerprint density at radius 2 is 1.38 bits per heavy atom. The fraction of sp³-hybridized carbons (Fsp3) is 0.870. The van der Waals surface area contributed by atoms with Crippen LogP contribution in [0.2, 0.25) is 0 Å². The van der Waals surface area contributed by atoms with Crippen molar-refractivity contribution in [2.24, 2.45) is 29.1 Å². The number of fused-ring (bicyclic) bond motifs is 2. The number of ether oxygens (including phenoxy) is 4. The number of carbonyl (C=O) groups excluding carboxylic acids is 4.